The van der Waals surface area contributed by atoms with Gasteiger partial charge in [-0.1, -0.05) is 29.8 Å². The van der Waals surface area contributed by atoms with Crippen molar-refractivity contribution < 1.29 is 14.3 Å². The summed E-state index contributed by atoms with van der Waals surface area (Å²) in [7, 11) is 0. The van der Waals surface area contributed by atoms with E-state index in [1.54, 1.807) is 29.5 Å². The number of rotatable bonds is 5. The van der Waals surface area contributed by atoms with Crippen LogP contribution in [0.1, 0.15) is 28.0 Å². The molecule has 1 N–H and O–H groups in total. The Labute approximate surface area is 168 Å². The Morgan fingerprint density at radius 1 is 1.11 bits per heavy atom. The molecule has 28 heavy (non-hydrogen) atoms. The summed E-state index contributed by atoms with van der Waals surface area (Å²) < 4.78 is 11.3. The number of nitrogens with zero attached hydrogens (tertiary/aromatic N) is 1. The van der Waals surface area contributed by atoms with Crippen molar-refractivity contribution in [2.45, 2.75) is 19.8 Å². The zero-order valence-electron chi connectivity index (χ0n) is 15.7. The second-order valence-corrected chi connectivity index (χ2v) is 7.59. The molecule has 6 heteroatoms. The molecule has 0 fully saturated rings. The van der Waals surface area contributed by atoms with Gasteiger partial charge in [-0.05, 0) is 25.1 Å². The number of carbonyl (C=O) groups is 1. The highest BCUT2D eigenvalue weighted by molar-refractivity contribution is 7.13. The van der Waals surface area contributed by atoms with E-state index in [1.165, 1.54) is 5.56 Å². The van der Waals surface area contributed by atoms with Gasteiger partial charge in [0, 0.05) is 35.9 Å². The van der Waals surface area contributed by atoms with Crippen molar-refractivity contribution in [1.29, 1.82) is 0 Å². The van der Waals surface area contributed by atoms with Crippen LogP contribution in [0.25, 0.3) is 10.6 Å². The number of aryl methyl sites for hydroxylation is 1. The molecule has 1 aliphatic heterocycles. The maximum absolute atomic E-state index is 12.4. The average molecular weight is 394 g/mol. The number of aromatic nitrogens is 1. The fourth-order valence-electron chi connectivity index (χ4n) is 2.96. The van der Waals surface area contributed by atoms with E-state index in [0.717, 1.165) is 22.7 Å². The van der Waals surface area contributed by atoms with E-state index in [9.17, 15) is 4.79 Å². The minimum Gasteiger partial charge on any atom is -0.490 e. The summed E-state index contributed by atoms with van der Waals surface area (Å²) in [5.41, 5.74) is 3.92. The fraction of sp³-hybridized carbons (Fsp3) is 0.273. The number of hydrogen-bond donors (Lipinski definition) is 1. The van der Waals surface area contributed by atoms with E-state index in [-0.39, 0.29) is 5.91 Å². The first kappa shape index (κ1) is 18.5. The van der Waals surface area contributed by atoms with Gasteiger partial charge in [0.15, 0.2) is 11.5 Å². The molecule has 0 unspecified atom stereocenters. The molecule has 3 aromatic rings. The highest BCUT2D eigenvalue weighted by Crippen LogP contribution is 2.30. The van der Waals surface area contributed by atoms with Crippen molar-refractivity contribution in [3.63, 3.8) is 0 Å². The van der Waals surface area contributed by atoms with Crippen LogP contribution in [0.3, 0.4) is 0 Å². The van der Waals surface area contributed by atoms with Gasteiger partial charge in [0.05, 0.1) is 18.9 Å². The summed E-state index contributed by atoms with van der Waals surface area (Å²) in [6, 6.07) is 13.7. The molecule has 2 aromatic carbocycles. The molecule has 0 aliphatic carbocycles. The average Bonchev–Trinajstić information content (AvgIpc) is 3.05. The van der Waals surface area contributed by atoms with Crippen LogP contribution < -0.4 is 14.8 Å². The molecular formula is C22H22N2O3S. The van der Waals surface area contributed by atoms with Crippen LogP contribution in [0.4, 0.5) is 0 Å². The van der Waals surface area contributed by atoms with Gasteiger partial charge in [0.2, 0.25) is 0 Å². The molecule has 2 heterocycles. The minimum absolute atomic E-state index is 0.121. The molecule has 0 saturated carbocycles. The Balaban J connectivity index is 1.33. The SMILES string of the molecule is Cc1ccc(-c2nc(CCNC(=O)c3ccc4c(c3)OCCCO4)cs2)cc1. The van der Waals surface area contributed by atoms with Gasteiger partial charge in [-0.3, -0.25) is 4.79 Å². The first-order valence-corrected chi connectivity index (χ1v) is 10.3. The number of carbonyl (C=O) groups excluding carboxylic acids is 1. The Hall–Kier alpha value is -2.86. The highest BCUT2D eigenvalue weighted by atomic mass is 32.1. The topological polar surface area (TPSA) is 60.5 Å². The van der Waals surface area contributed by atoms with Crippen LogP contribution in [-0.4, -0.2) is 30.6 Å². The number of benzene rings is 2. The highest BCUT2D eigenvalue weighted by Gasteiger charge is 2.14. The van der Waals surface area contributed by atoms with Gasteiger partial charge < -0.3 is 14.8 Å². The van der Waals surface area contributed by atoms with Crippen LogP contribution in [-0.2, 0) is 6.42 Å². The summed E-state index contributed by atoms with van der Waals surface area (Å²) in [6.45, 7) is 3.84. The van der Waals surface area contributed by atoms with Crippen LogP contribution in [0, 0.1) is 6.92 Å². The van der Waals surface area contributed by atoms with Crippen LogP contribution in [0.2, 0.25) is 0 Å². The van der Waals surface area contributed by atoms with Gasteiger partial charge in [-0.2, -0.15) is 0 Å². The number of hydrogen-bond acceptors (Lipinski definition) is 5. The minimum atomic E-state index is -0.121. The number of amides is 1. The van der Waals surface area contributed by atoms with Crippen molar-refractivity contribution in [3.8, 4) is 22.1 Å². The lowest BCUT2D eigenvalue weighted by Gasteiger charge is -2.09. The molecule has 0 bridgehead atoms. The van der Waals surface area contributed by atoms with E-state index < -0.39 is 0 Å². The molecule has 5 nitrogen and oxygen atoms in total. The predicted molar refractivity (Wildman–Crippen MR) is 110 cm³/mol. The third kappa shape index (κ3) is 4.34. The number of nitrogens with one attached hydrogen (secondary N) is 1. The number of ether oxygens (including phenoxy) is 2. The van der Waals surface area contributed by atoms with E-state index in [2.05, 4.69) is 46.9 Å². The molecular weight excluding hydrogens is 372 g/mol. The largest absolute Gasteiger partial charge is 0.490 e. The molecule has 0 atom stereocenters. The van der Waals surface area contributed by atoms with E-state index in [1.807, 2.05) is 0 Å². The Bertz CT molecular complexity index is 966. The zero-order valence-corrected chi connectivity index (χ0v) is 16.6. The van der Waals surface area contributed by atoms with Crippen LogP contribution >= 0.6 is 11.3 Å². The summed E-state index contributed by atoms with van der Waals surface area (Å²) in [6.07, 6.45) is 1.53. The number of thiazole rings is 1. The van der Waals surface area contributed by atoms with E-state index in [0.29, 0.717) is 43.2 Å². The molecule has 0 radical (unpaired) electrons. The van der Waals surface area contributed by atoms with Crippen molar-refractivity contribution >= 4 is 17.2 Å². The van der Waals surface area contributed by atoms with Crippen molar-refractivity contribution in [2.24, 2.45) is 0 Å². The summed E-state index contributed by atoms with van der Waals surface area (Å²) in [5, 5.41) is 6.01. The van der Waals surface area contributed by atoms with E-state index >= 15 is 0 Å². The lowest BCUT2D eigenvalue weighted by Crippen LogP contribution is -2.25. The van der Waals surface area contributed by atoms with E-state index in [4.69, 9.17) is 9.47 Å². The zero-order chi connectivity index (χ0) is 19.3. The maximum atomic E-state index is 12.4. The second kappa shape index (κ2) is 8.44. The quantitative estimate of drug-likeness (QED) is 0.703. The lowest BCUT2D eigenvalue weighted by atomic mass is 10.1. The monoisotopic (exact) mass is 394 g/mol. The Morgan fingerprint density at radius 2 is 1.89 bits per heavy atom. The van der Waals surface area contributed by atoms with Crippen LogP contribution in [0.5, 0.6) is 11.5 Å². The molecule has 0 spiro atoms. The summed E-state index contributed by atoms with van der Waals surface area (Å²) >= 11 is 1.63. The lowest BCUT2D eigenvalue weighted by molar-refractivity contribution is 0.0953. The second-order valence-electron chi connectivity index (χ2n) is 6.73. The molecule has 4 rings (SSSR count). The first-order chi connectivity index (χ1) is 13.7. The van der Waals surface area contributed by atoms with Gasteiger partial charge in [-0.25, -0.2) is 4.98 Å². The first-order valence-electron chi connectivity index (χ1n) is 9.38. The van der Waals surface area contributed by atoms with Gasteiger partial charge in [-0.15, -0.1) is 11.3 Å². The number of fused-ring (bicyclic) bond motifs is 1. The third-order valence-electron chi connectivity index (χ3n) is 4.53. The fourth-order valence-corrected chi connectivity index (χ4v) is 3.82. The Kier molecular flexibility index (Phi) is 5.58. The molecule has 144 valence electrons. The molecule has 1 amide bonds. The van der Waals surface area contributed by atoms with Gasteiger partial charge >= 0.3 is 0 Å². The Morgan fingerprint density at radius 3 is 2.71 bits per heavy atom. The van der Waals surface area contributed by atoms with Crippen molar-refractivity contribution in [2.75, 3.05) is 19.8 Å². The molecule has 1 aromatic heterocycles. The van der Waals surface area contributed by atoms with Gasteiger partial charge in [0.1, 0.15) is 5.01 Å². The predicted octanol–water partition coefficient (Wildman–Crippen LogP) is 4.25. The summed E-state index contributed by atoms with van der Waals surface area (Å²) in [4.78, 5) is 17.1. The van der Waals surface area contributed by atoms with Crippen LogP contribution in [0.15, 0.2) is 47.8 Å². The molecule has 0 saturated heterocycles. The molecule has 1 aliphatic rings. The van der Waals surface area contributed by atoms with Crippen molar-refractivity contribution in [3.05, 3.63) is 64.7 Å². The third-order valence-corrected chi connectivity index (χ3v) is 5.47. The maximum Gasteiger partial charge on any atom is 0.251 e. The standard InChI is InChI=1S/C22H22N2O3S/c1-15-3-5-16(6-4-15)22-24-18(14-28-22)9-10-23-21(25)17-7-8-19-20(13-17)27-12-2-11-26-19/h3-8,13-14H,2,9-12H2,1H3,(H,23,25). The summed E-state index contributed by atoms with van der Waals surface area (Å²) in [5.74, 6) is 1.21. The normalized spacial score (nSPS) is 13.0. The smallest absolute Gasteiger partial charge is 0.251 e. The van der Waals surface area contributed by atoms with Gasteiger partial charge in [0.25, 0.3) is 5.91 Å². The van der Waals surface area contributed by atoms with Crippen molar-refractivity contribution in [1.82, 2.24) is 10.3 Å².